The fourth-order valence-electron chi connectivity index (χ4n) is 2.03. The molecular weight excluding hydrogens is 258 g/mol. The number of aryl methyl sites for hydroxylation is 1. The standard InChI is InChI=1S/C14H19N3OS/c1-4-7-15-14(13-9-16-17-19-13)11-8-10(2)5-6-12(11)18-3/h5-6,8-9,14-15H,4,7H2,1-3H3. The number of methoxy groups -OCH3 is 1. The molecule has 0 saturated heterocycles. The number of ether oxygens (including phenoxy) is 1. The van der Waals surface area contributed by atoms with E-state index in [0.717, 1.165) is 29.2 Å². The van der Waals surface area contributed by atoms with E-state index in [1.54, 1.807) is 7.11 Å². The highest BCUT2D eigenvalue weighted by molar-refractivity contribution is 7.05. The maximum Gasteiger partial charge on any atom is 0.124 e. The molecule has 0 saturated carbocycles. The maximum absolute atomic E-state index is 5.48. The summed E-state index contributed by atoms with van der Waals surface area (Å²) < 4.78 is 9.45. The molecule has 19 heavy (non-hydrogen) atoms. The minimum Gasteiger partial charge on any atom is -0.496 e. The van der Waals surface area contributed by atoms with Crippen molar-refractivity contribution >= 4 is 11.5 Å². The second-order valence-electron chi connectivity index (χ2n) is 4.45. The van der Waals surface area contributed by atoms with Crippen LogP contribution in [0.3, 0.4) is 0 Å². The molecule has 0 aliphatic rings. The van der Waals surface area contributed by atoms with Gasteiger partial charge in [0, 0.05) is 5.56 Å². The van der Waals surface area contributed by atoms with E-state index in [2.05, 4.69) is 40.9 Å². The van der Waals surface area contributed by atoms with Crippen molar-refractivity contribution in [3.63, 3.8) is 0 Å². The number of hydrogen-bond acceptors (Lipinski definition) is 5. The maximum atomic E-state index is 5.48. The topological polar surface area (TPSA) is 47.0 Å². The lowest BCUT2D eigenvalue weighted by Crippen LogP contribution is -2.23. The molecule has 1 atom stereocenters. The zero-order chi connectivity index (χ0) is 13.7. The summed E-state index contributed by atoms with van der Waals surface area (Å²) in [6, 6.07) is 6.32. The molecule has 0 bridgehead atoms. The number of aromatic nitrogens is 2. The van der Waals surface area contributed by atoms with Crippen LogP contribution >= 0.6 is 11.5 Å². The van der Waals surface area contributed by atoms with Gasteiger partial charge in [-0.05, 0) is 37.5 Å². The summed E-state index contributed by atoms with van der Waals surface area (Å²) in [5.74, 6) is 0.896. The highest BCUT2D eigenvalue weighted by Crippen LogP contribution is 2.31. The summed E-state index contributed by atoms with van der Waals surface area (Å²) in [7, 11) is 1.70. The molecule has 4 nitrogen and oxygen atoms in total. The van der Waals surface area contributed by atoms with Crippen LogP contribution < -0.4 is 10.1 Å². The fraction of sp³-hybridized carbons (Fsp3) is 0.429. The first-order valence-corrected chi connectivity index (χ1v) is 7.18. The summed E-state index contributed by atoms with van der Waals surface area (Å²) in [6.07, 6.45) is 2.90. The van der Waals surface area contributed by atoms with Crippen molar-refractivity contribution in [2.75, 3.05) is 13.7 Å². The van der Waals surface area contributed by atoms with Crippen LogP contribution in [0.2, 0.25) is 0 Å². The van der Waals surface area contributed by atoms with Crippen LogP contribution in [0.25, 0.3) is 0 Å². The molecule has 1 aromatic heterocycles. The molecule has 0 radical (unpaired) electrons. The molecule has 2 aromatic rings. The predicted molar refractivity (Wildman–Crippen MR) is 77.8 cm³/mol. The Bertz CT molecular complexity index is 513. The van der Waals surface area contributed by atoms with Crippen LogP contribution in [0.1, 0.15) is 35.4 Å². The largest absolute Gasteiger partial charge is 0.496 e. The zero-order valence-electron chi connectivity index (χ0n) is 11.5. The van der Waals surface area contributed by atoms with Gasteiger partial charge in [0.25, 0.3) is 0 Å². The third kappa shape index (κ3) is 3.30. The van der Waals surface area contributed by atoms with E-state index in [1.807, 2.05) is 12.3 Å². The Kier molecular flexibility index (Phi) is 4.87. The monoisotopic (exact) mass is 277 g/mol. The van der Waals surface area contributed by atoms with Gasteiger partial charge in [-0.15, -0.1) is 5.10 Å². The Morgan fingerprint density at radius 1 is 1.42 bits per heavy atom. The van der Waals surface area contributed by atoms with Gasteiger partial charge in [0.1, 0.15) is 5.75 Å². The van der Waals surface area contributed by atoms with Crippen molar-refractivity contribution in [1.82, 2.24) is 14.9 Å². The van der Waals surface area contributed by atoms with Crippen LogP contribution in [0.5, 0.6) is 5.75 Å². The predicted octanol–water partition coefficient (Wildman–Crippen LogP) is 2.94. The second kappa shape index (κ2) is 6.63. The number of nitrogens with one attached hydrogen (secondary N) is 1. The van der Waals surface area contributed by atoms with E-state index in [0.29, 0.717) is 0 Å². The number of hydrogen-bond donors (Lipinski definition) is 1. The van der Waals surface area contributed by atoms with Gasteiger partial charge >= 0.3 is 0 Å². The van der Waals surface area contributed by atoms with Gasteiger partial charge < -0.3 is 10.1 Å². The molecule has 0 aliphatic heterocycles. The van der Waals surface area contributed by atoms with Crippen LogP contribution in [0.15, 0.2) is 24.4 Å². The van der Waals surface area contributed by atoms with E-state index in [1.165, 1.54) is 17.1 Å². The van der Waals surface area contributed by atoms with Gasteiger partial charge in [0.15, 0.2) is 0 Å². The van der Waals surface area contributed by atoms with Gasteiger partial charge in [-0.3, -0.25) is 0 Å². The smallest absolute Gasteiger partial charge is 0.124 e. The Morgan fingerprint density at radius 2 is 2.26 bits per heavy atom. The molecule has 1 N–H and O–H groups in total. The van der Waals surface area contributed by atoms with Gasteiger partial charge in [0.2, 0.25) is 0 Å². The molecule has 102 valence electrons. The van der Waals surface area contributed by atoms with Crippen LogP contribution in [-0.4, -0.2) is 23.2 Å². The summed E-state index contributed by atoms with van der Waals surface area (Å²) in [4.78, 5) is 1.11. The summed E-state index contributed by atoms with van der Waals surface area (Å²) in [5.41, 5.74) is 2.36. The number of benzene rings is 1. The average molecular weight is 277 g/mol. The lowest BCUT2D eigenvalue weighted by Gasteiger charge is -2.20. The van der Waals surface area contributed by atoms with Crippen molar-refractivity contribution in [3.8, 4) is 5.75 Å². The second-order valence-corrected chi connectivity index (χ2v) is 5.27. The van der Waals surface area contributed by atoms with Crippen molar-refractivity contribution in [2.45, 2.75) is 26.3 Å². The van der Waals surface area contributed by atoms with Crippen LogP contribution in [-0.2, 0) is 0 Å². The molecule has 5 heteroatoms. The summed E-state index contributed by atoms with van der Waals surface area (Å²) in [6.45, 7) is 5.19. The molecule has 1 unspecified atom stereocenters. The van der Waals surface area contributed by atoms with Crippen molar-refractivity contribution in [3.05, 3.63) is 40.4 Å². The van der Waals surface area contributed by atoms with E-state index in [9.17, 15) is 0 Å². The SMILES string of the molecule is CCCNC(c1cnns1)c1cc(C)ccc1OC. The first-order valence-electron chi connectivity index (χ1n) is 6.41. The van der Waals surface area contributed by atoms with E-state index >= 15 is 0 Å². The first kappa shape index (κ1) is 14.0. The highest BCUT2D eigenvalue weighted by Gasteiger charge is 2.19. The Morgan fingerprint density at radius 3 is 2.89 bits per heavy atom. The highest BCUT2D eigenvalue weighted by atomic mass is 32.1. The molecule has 0 aliphatic carbocycles. The Hall–Kier alpha value is -1.46. The first-order chi connectivity index (χ1) is 9.26. The van der Waals surface area contributed by atoms with E-state index < -0.39 is 0 Å². The average Bonchev–Trinajstić information content (AvgIpc) is 2.93. The van der Waals surface area contributed by atoms with Crippen molar-refractivity contribution in [2.24, 2.45) is 0 Å². The molecule has 2 rings (SSSR count). The van der Waals surface area contributed by atoms with Crippen LogP contribution in [0.4, 0.5) is 0 Å². The van der Waals surface area contributed by atoms with Crippen LogP contribution in [0, 0.1) is 6.92 Å². The molecule has 1 aromatic carbocycles. The zero-order valence-corrected chi connectivity index (χ0v) is 12.3. The lowest BCUT2D eigenvalue weighted by molar-refractivity contribution is 0.404. The van der Waals surface area contributed by atoms with Crippen molar-refractivity contribution in [1.29, 1.82) is 0 Å². The van der Waals surface area contributed by atoms with Crippen molar-refractivity contribution < 1.29 is 4.74 Å². The lowest BCUT2D eigenvalue weighted by atomic mass is 10.0. The van der Waals surface area contributed by atoms with E-state index in [4.69, 9.17) is 4.74 Å². The molecule has 0 spiro atoms. The minimum atomic E-state index is 0.0924. The van der Waals surface area contributed by atoms with E-state index in [-0.39, 0.29) is 6.04 Å². The van der Waals surface area contributed by atoms with Gasteiger partial charge in [-0.25, -0.2) is 0 Å². The Labute approximate surface area is 118 Å². The van der Waals surface area contributed by atoms with Gasteiger partial charge in [0.05, 0.1) is 24.2 Å². The fourth-order valence-corrected chi connectivity index (χ4v) is 2.63. The molecule has 0 amide bonds. The Balaban J connectivity index is 2.39. The van der Waals surface area contributed by atoms with Gasteiger partial charge in [-0.2, -0.15) is 0 Å². The minimum absolute atomic E-state index is 0.0924. The normalized spacial score (nSPS) is 12.4. The number of rotatable bonds is 6. The molecule has 1 heterocycles. The third-order valence-corrected chi connectivity index (χ3v) is 3.69. The molecular formula is C14H19N3OS. The molecule has 0 fully saturated rings. The summed E-state index contributed by atoms with van der Waals surface area (Å²) >= 11 is 1.42. The third-order valence-electron chi connectivity index (χ3n) is 2.96. The quantitative estimate of drug-likeness (QED) is 0.882. The summed E-state index contributed by atoms with van der Waals surface area (Å²) in [5, 5.41) is 7.48. The van der Waals surface area contributed by atoms with Gasteiger partial charge in [-0.1, -0.05) is 29.1 Å². The number of nitrogens with zero attached hydrogens (tertiary/aromatic N) is 2.